The molecule has 5 rings (SSSR count). The second kappa shape index (κ2) is 5.50. The molecule has 0 aliphatic carbocycles. The van der Waals surface area contributed by atoms with Gasteiger partial charge < -0.3 is 0 Å². The number of para-hydroxylation sites is 1. The highest BCUT2D eigenvalue weighted by Gasteiger charge is 2.54. The molecule has 4 heteroatoms. The van der Waals surface area contributed by atoms with E-state index in [1.807, 2.05) is 54.2 Å². The molecule has 1 unspecified atom stereocenters. The fourth-order valence-electron chi connectivity index (χ4n) is 4.62. The van der Waals surface area contributed by atoms with E-state index in [-0.39, 0.29) is 16.5 Å². The number of pyridine rings is 1. The van der Waals surface area contributed by atoms with Crippen LogP contribution in [0.3, 0.4) is 0 Å². The van der Waals surface area contributed by atoms with Gasteiger partial charge >= 0.3 is 0 Å². The van der Waals surface area contributed by atoms with E-state index in [4.69, 9.17) is 0 Å². The predicted octanol–water partition coefficient (Wildman–Crippen LogP) is 2.65. The fourth-order valence-corrected chi connectivity index (χ4v) is 4.62. The minimum atomic E-state index is -0.351. The molecule has 3 aliphatic heterocycles. The number of hydrogen-bond donors (Lipinski definition) is 1. The Hall–Kier alpha value is -2.04. The van der Waals surface area contributed by atoms with Gasteiger partial charge in [-0.15, -0.1) is 6.58 Å². The molecule has 4 nitrogen and oxygen atoms in total. The molecular formula is C20H24N2O2+2. The minimum absolute atomic E-state index is 0.0708. The number of nitrogens with zero attached hydrogens (tertiary/aromatic N) is 2. The summed E-state index contributed by atoms with van der Waals surface area (Å²) in [6.07, 6.45) is 5.61. The van der Waals surface area contributed by atoms with E-state index in [1.54, 1.807) is 0 Å². The van der Waals surface area contributed by atoms with Gasteiger partial charge in [0.15, 0.2) is 12.2 Å². The summed E-state index contributed by atoms with van der Waals surface area (Å²) in [6.45, 7) is 5.19. The average Bonchev–Trinajstić information content (AvgIpc) is 2.61. The molecule has 4 atom stereocenters. The summed E-state index contributed by atoms with van der Waals surface area (Å²) in [4.78, 5) is 13.3. The summed E-state index contributed by atoms with van der Waals surface area (Å²) < 4.78 is 1.90. The molecule has 2 bridgehead atoms. The summed E-state index contributed by atoms with van der Waals surface area (Å²) in [6, 6.07) is 9.51. The molecule has 1 N–H and O–H groups in total. The largest absolute Gasteiger partial charge is 0.287 e. The molecule has 124 valence electrons. The zero-order chi connectivity index (χ0) is 16.9. The van der Waals surface area contributed by atoms with Gasteiger partial charge in [0, 0.05) is 36.5 Å². The second-order valence-electron chi connectivity index (χ2n) is 7.31. The first-order valence-electron chi connectivity index (χ1n) is 8.67. The van der Waals surface area contributed by atoms with E-state index in [2.05, 4.69) is 6.58 Å². The number of benzene rings is 1. The third-order valence-electron chi connectivity index (χ3n) is 6.04. The van der Waals surface area contributed by atoms with Crippen LogP contribution in [0.5, 0.6) is 0 Å². The molecule has 0 amide bonds. The highest BCUT2D eigenvalue weighted by Crippen LogP contribution is 2.42. The van der Waals surface area contributed by atoms with E-state index in [9.17, 15) is 10.0 Å². The molecule has 4 heterocycles. The topological polar surface area (TPSA) is 41.2 Å². The van der Waals surface area contributed by atoms with Crippen LogP contribution in [0.4, 0.5) is 0 Å². The van der Waals surface area contributed by atoms with Crippen LogP contribution >= 0.6 is 0 Å². The Balaban J connectivity index is 1.75. The highest BCUT2D eigenvalue weighted by molar-refractivity contribution is 6.08. The molecule has 0 spiro atoms. The number of piperidine rings is 3. The summed E-state index contributed by atoms with van der Waals surface area (Å²) in [5.41, 5.74) is 1.76. The van der Waals surface area contributed by atoms with E-state index >= 15 is 0 Å². The van der Waals surface area contributed by atoms with Crippen LogP contribution in [0.15, 0.2) is 49.2 Å². The Morgan fingerprint density at radius 1 is 1.38 bits per heavy atom. The average molecular weight is 324 g/mol. The Labute approximate surface area is 142 Å². The number of Topliss-reactive ketones (excluding diaryl/α,β-unsaturated/α-hetero) is 1. The Morgan fingerprint density at radius 3 is 2.92 bits per heavy atom. The maximum absolute atomic E-state index is 13.3. The van der Waals surface area contributed by atoms with Crippen LogP contribution in [0, 0.1) is 11.8 Å². The third kappa shape index (κ3) is 2.21. The van der Waals surface area contributed by atoms with Crippen molar-refractivity contribution in [1.82, 2.24) is 0 Å². The van der Waals surface area contributed by atoms with Gasteiger partial charge in [-0.1, -0.05) is 18.2 Å². The number of hydrogen-bond acceptors (Lipinski definition) is 2. The van der Waals surface area contributed by atoms with Crippen molar-refractivity contribution in [3.05, 3.63) is 54.7 Å². The SMILES string of the molecule is C=C[C@H]1C[N@+]2(O)CC[C@H]1CC2C(=O)c1cc[n+](C)c2ccccc12. The molecule has 24 heavy (non-hydrogen) atoms. The maximum atomic E-state index is 13.3. The lowest BCUT2D eigenvalue weighted by atomic mass is 9.73. The van der Waals surface area contributed by atoms with Crippen LogP contribution in [0.1, 0.15) is 23.2 Å². The van der Waals surface area contributed by atoms with Crippen molar-refractivity contribution < 1.29 is 19.2 Å². The minimum Gasteiger partial charge on any atom is -0.287 e. The van der Waals surface area contributed by atoms with Crippen LogP contribution in [0.2, 0.25) is 0 Å². The predicted molar refractivity (Wildman–Crippen MR) is 91.4 cm³/mol. The van der Waals surface area contributed by atoms with Crippen molar-refractivity contribution in [3.8, 4) is 0 Å². The molecule has 0 radical (unpaired) electrons. The Bertz CT molecular complexity index is 831. The van der Waals surface area contributed by atoms with Crippen molar-refractivity contribution in [3.63, 3.8) is 0 Å². The molecule has 3 fully saturated rings. The number of ketones is 1. The summed E-state index contributed by atoms with van der Waals surface area (Å²) in [7, 11) is 1.98. The van der Waals surface area contributed by atoms with Crippen molar-refractivity contribution in [2.75, 3.05) is 13.1 Å². The van der Waals surface area contributed by atoms with Gasteiger partial charge in [0.1, 0.15) is 20.1 Å². The lowest BCUT2D eigenvalue weighted by Crippen LogP contribution is -2.67. The first-order valence-corrected chi connectivity index (χ1v) is 8.67. The van der Waals surface area contributed by atoms with E-state index in [1.165, 1.54) is 0 Å². The summed E-state index contributed by atoms with van der Waals surface area (Å²) in [5, 5.41) is 12.1. The quantitative estimate of drug-likeness (QED) is 0.408. The normalized spacial score (nSPS) is 32.0. The van der Waals surface area contributed by atoms with Gasteiger partial charge in [-0.2, -0.15) is 4.65 Å². The smallest absolute Gasteiger partial charge is 0.224 e. The van der Waals surface area contributed by atoms with Crippen molar-refractivity contribution in [1.29, 1.82) is 0 Å². The van der Waals surface area contributed by atoms with Crippen molar-refractivity contribution in [2.45, 2.75) is 18.9 Å². The second-order valence-corrected chi connectivity index (χ2v) is 7.31. The molecule has 3 saturated heterocycles. The van der Waals surface area contributed by atoms with E-state index in [0.29, 0.717) is 24.9 Å². The maximum Gasteiger partial charge on any atom is 0.224 e. The van der Waals surface area contributed by atoms with Crippen LogP contribution < -0.4 is 4.57 Å². The number of aryl methyl sites for hydroxylation is 1. The first-order chi connectivity index (χ1) is 11.5. The summed E-state index contributed by atoms with van der Waals surface area (Å²) in [5.74, 6) is 0.856. The van der Waals surface area contributed by atoms with Crippen molar-refractivity contribution >= 4 is 16.7 Å². The molecular weight excluding hydrogens is 300 g/mol. The van der Waals surface area contributed by atoms with Crippen LogP contribution in [0.25, 0.3) is 10.9 Å². The number of carbonyl (C=O) groups excluding carboxylic acids is 1. The lowest BCUT2D eigenvalue weighted by Gasteiger charge is -2.50. The van der Waals surface area contributed by atoms with Gasteiger partial charge in [-0.25, -0.2) is 9.77 Å². The highest BCUT2D eigenvalue weighted by atomic mass is 16.5. The fraction of sp³-hybridized carbons (Fsp3) is 0.400. The molecule has 0 saturated carbocycles. The first kappa shape index (κ1) is 15.5. The Morgan fingerprint density at radius 2 is 2.17 bits per heavy atom. The van der Waals surface area contributed by atoms with Crippen molar-refractivity contribution in [2.24, 2.45) is 18.9 Å². The monoisotopic (exact) mass is 324 g/mol. The van der Waals surface area contributed by atoms with Crippen LogP contribution in [-0.4, -0.2) is 34.8 Å². The molecule has 1 aromatic carbocycles. The number of rotatable bonds is 3. The zero-order valence-corrected chi connectivity index (χ0v) is 14.1. The zero-order valence-electron chi connectivity index (χ0n) is 14.1. The molecule has 1 aromatic heterocycles. The number of aromatic nitrogens is 1. The standard InChI is InChI=1S/C20H24N2O2/c1-3-14-13-22(24)11-9-15(14)12-19(22)20(23)17-8-10-21(2)18-7-5-4-6-16(17)18/h3-8,10,14-15,19,24H,1,9,11-13H2,2H3/q+2/t14-,15-,19?,22+/m0/s1. The number of fused-ring (bicyclic) bond motifs is 4. The van der Waals surface area contributed by atoms with Crippen LogP contribution in [-0.2, 0) is 7.05 Å². The third-order valence-corrected chi connectivity index (χ3v) is 6.04. The number of carbonyl (C=O) groups is 1. The summed E-state index contributed by atoms with van der Waals surface area (Å²) >= 11 is 0. The Kier molecular flexibility index (Phi) is 3.55. The van der Waals surface area contributed by atoms with Gasteiger partial charge in [0.05, 0.1) is 5.39 Å². The van der Waals surface area contributed by atoms with Gasteiger partial charge in [-0.05, 0) is 12.0 Å². The van der Waals surface area contributed by atoms with Gasteiger partial charge in [0.25, 0.3) is 0 Å². The van der Waals surface area contributed by atoms with Gasteiger partial charge in [0.2, 0.25) is 11.3 Å². The molecule has 3 aliphatic rings. The number of quaternary nitrogens is 1. The number of hydroxylamine groups is 3. The lowest BCUT2D eigenvalue weighted by molar-refractivity contribution is -1.12. The van der Waals surface area contributed by atoms with Gasteiger partial charge in [-0.3, -0.25) is 4.79 Å². The van der Waals surface area contributed by atoms with E-state index < -0.39 is 0 Å². The molecule has 2 aromatic rings. The van der Waals surface area contributed by atoms with E-state index in [0.717, 1.165) is 29.3 Å².